The number of anilines is 2. The first-order chi connectivity index (χ1) is 12.5. The zero-order valence-corrected chi connectivity index (χ0v) is 15.5. The molecular formula is C22H24N2O2. The lowest BCUT2D eigenvalue weighted by Crippen LogP contribution is -2.41. The largest absolute Gasteiger partial charge is 0.311 e. The SMILES string of the molecule is Cc1cccc(N2C[C@@H](C(=O)N3c4ccccc4C[C@@H]3C)CC2=O)c1C. The van der Waals surface area contributed by atoms with Crippen LogP contribution in [0.1, 0.15) is 30.0 Å². The predicted octanol–water partition coefficient (Wildman–Crippen LogP) is 3.63. The van der Waals surface area contributed by atoms with Crippen molar-refractivity contribution in [2.24, 2.45) is 5.92 Å². The van der Waals surface area contributed by atoms with Crippen molar-refractivity contribution >= 4 is 23.2 Å². The van der Waals surface area contributed by atoms with Crippen LogP contribution in [0.4, 0.5) is 11.4 Å². The molecule has 2 heterocycles. The first kappa shape index (κ1) is 16.8. The van der Waals surface area contributed by atoms with Crippen LogP contribution in [0.2, 0.25) is 0 Å². The molecule has 134 valence electrons. The van der Waals surface area contributed by atoms with Crippen molar-refractivity contribution in [2.45, 2.75) is 39.7 Å². The van der Waals surface area contributed by atoms with E-state index in [2.05, 4.69) is 13.0 Å². The van der Waals surface area contributed by atoms with Crippen molar-refractivity contribution in [3.63, 3.8) is 0 Å². The lowest BCUT2D eigenvalue weighted by atomic mass is 10.1. The molecule has 1 fully saturated rings. The van der Waals surface area contributed by atoms with Crippen LogP contribution in [0.25, 0.3) is 0 Å². The summed E-state index contributed by atoms with van der Waals surface area (Å²) in [6, 6.07) is 14.2. The first-order valence-corrected chi connectivity index (χ1v) is 9.25. The molecular weight excluding hydrogens is 324 g/mol. The molecule has 2 atom stereocenters. The highest BCUT2D eigenvalue weighted by molar-refractivity contribution is 6.05. The second-order valence-corrected chi connectivity index (χ2v) is 7.51. The van der Waals surface area contributed by atoms with Crippen LogP contribution in [0.5, 0.6) is 0 Å². The van der Waals surface area contributed by atoms with E-state index in [4.69, 9.17) is 0 Å². The lowest BCUT2D eigenvalue weighted by molar-refractivity contribution is -0.124. The quantitative estimate of drug-likeness (QED) is 0.831. The third-order valence-corrected chi connectivity index (χ3v) is 5.79. The fourth-order valence-electron chi connectivity index (χ4n) is 4.23. The number of para-hydroxylation sites is 1. The average molecular weight is 348 g/mol. The molecule has 26 heavy (non-hydrogen) atoms. The summed E-state index contributed by atoms with van der Waals surface area (Å²) in [6.07, 6.45) is 1.17. The Morgan fingerprint density at radius 3 is 2.54 bits per heavy atom. The van der Waals surface area contributed by atoms with Gasteiger partial charge in [-0.15, -0.1) is 0 Å². The number of benzene rings is 2. The molecule has 2 amide bonds. The standard InChI is InChI=1S/C22H24N2O2/c1-14-7-6-10-19(16(14)3)23-13-18(12-21(23)25)22(26)24-15(2)11-17-8-4-5-9-20(17)24/h4-10,15,18H,11-13H2,1-3H3/t15-,18-/m0/s1. The zero-order chi connectivity index (χ0) is 18.4. The normalized spacial score (nSPS) is 22.0. The van der Waals surface area contributed by atoms with Gasteiger partial charge in [-0.3, -0.25) is 9.59 Å². The Hall–Kier alpha value is -2.62. The monoisotopic (exact) mass is 348 g/mol. The minimum Gasteiger partial charge on any atom is -0.311 e. The van der Waals surface area contributed by atoms with Gasteiger partial charge >= 0.3 is 0 Å². The molecule has 0 N–H and O–H groups in total. The van der Waals surface area contributed by atoms with Gasteiger partial charge in [-0.2, -0.15) is 0 Å². The van der Waals surface area contributed by atoms with E-state index >= 15 is 0 Å². The first-order valence-electron chi connectivity index (χ1n) is 9.25. The number of carbonyl (C=O) groups excluding carboxylic acids is 2. The van der Waals surface area contributed by atoms with Crippen LogP contribution < -0.4 is 9.80 Å². The molecule has 2 aliphatic rings. The Kier molecular flexibility index (Phi) is 4.06. The molecule has 2 aromatic rings. The topological polar surface area (TPSA) is 40.6 Å². The van der Waals surface area contributed by atoms with E-state index in [1.54, 1.807) is 4.90 Å². The maximum atomic E-state index is 13.2. The number of amides is 2. The van der Waals surface area contributed by atoms with Crippen molar-refractivity contribution in [1.82, 2.24) is 0 Å². The number of hydrogen-bond donors (Lipinski definition) is 0. The Bertz CT molecular complexity index is 889. The number of fused-ring (bicyclic) bond motifs is 1. The second kappa shape index (κ2) is 6.27. The van der Waals surface area contributed by atoms with Crippen molar-refractivity contribution in [2.75, 3.05) is 16.3 Å². The number of hydrogen-bond acceptors (Lipinski definition) is 2. The van der Waals surface area contributed by atoms with Crippen molar-refractivity contribution < 1.29 is 9.59 Å². The van der Waals surface area contributed by atoms with Crippen molar-refractivity contribution in [3.05, 3.63) is 59.2 Å². The van der Waals surface area contributed by atoms with E-state index in [0.717, 1.165) is 28.9 Å². The highest BCUT2D eigenvalue weighted by atomic mass is 16.2. The van der Waals surface area contributed by atoms with Gasteiger partial charge in [-0.05, 0) is 56.0 Å². The van der Waals surface area contributed by atoms with Crippen LogP contribution >= 0.6 is 0 Å². The average Bonchev–Trinajstić information content (AvgIpc) is 3.16. The van der Waals surface area contributed by atoms with Crippen LogP contribution in [0.15, 0.2) is 42.5 Å². The van der Waals surface area contributed by atoms with Gasteiger partial charge < -0.3 is 9.80 Å². The summed E-state index contributed by atoms with van der Waals surface area (Å²) in [5.74, 6) is -0.170. The highest BCUT2D eigenvalue weighted by Crippen LogP contribution is 2.36. The summed E-state index contributed by atoms with van der Waals surface area (Å²) >= 11 is 0. The van der Waals surface area contributed by atoms with Crippen molar-refractivity contribution in [3.8, 4) is 0 Å². The highest BCUT2D eigenvalue weighted by Gasteiger charge is 2.41. The van der Waals surface area contributed by atoms with Crippen LogP contribution in [0.3, 0.4) is 0 Å². The molecule has 4 rings (SSSR count). The number of aryl methyl sites for hydroxylation is 1. The fraction of sp³-hybridized carbons (Fsp3) is 0.364. The summed E-state index contributed by atoms with van der Waals surface area (Å²) < 4.78 is 0. The maximum absolute atomic E-state index is 13.2. The molecule has 1 saturated heterocycles. The molecule has 2 aliphatic heterocycles. The summed E-state index contributed by atoms with van der Waals surface area (Å²) in [4.78, 5) is 29.6. The fourth-order valence-corrected chi connectivity index (χ4v) is 4.23. The molecule has 4 nitrogen and oxygen atoms in total. The van der Waals surface area contributed by atoms with Gasteiger partial charge in [0.25, 0.3) is 0 Å². The number of carbonyl (C=O) groups is 2. The second-order valence-electron chi connectivity index (χ2n) is 7.51. The van der Waals surface area contributed by atoms with Gasteiger partial charge in [0, 0.05) is 30.4 Å². The summed E-state index contributed by atoms with van der Waals surface area (Å²) in [5.41, 5.74) is 5.41. The lowest BCUT2D eigenvalue weighted by Gasteiger charge is -2.26. The summed E-state index contributed by atoms with van der Waals surface area (Å²) in [5, 5.41) is 0. The number of rotatable bonds is 2. The smallest absolute Gasteiger partial charge is 0.232 e. The van der Waals surface area contributed by atoms with Gasteiger partial charge in [0.1, 0.15) is 0 Å². The summed E-state index contributed by atoms with van der Waals surface area (Å²) in [7, 11) is 0. The predicted molar refractivity (Wildman–Crippen MR) is 103 cm³/mol. The molecule has 0 unspecified atom stereocenters. The Morgan fingerprint density at radius 2 is 1.73 bits per heavy atom. The van der Waals surface area contributed by atoms with Gasteiger partial charge in [-0.1, -0.05) is 30.3 Å². The minimum absolute atomic E-state index is 0.0391. The Labute approximate surface area is 154 Å². The van der Waals surface area contributed by atoms with E-state index in [9.17, 15) is 9.59 Å². The molecule has 0 radical (unpaired) electrons. The maximum Gasteiger partial charge on any atom is 0.232 e. The molecule has 4 heteroatoms. The third-order valence-electron chi connectivity index (χ3n) is 5.79. The van der Waals surface area contributed by atoms with Crippen LogP contribution in [-0.4, -0.2) is 24.4 Å². The zero-order valence-electron chi connectivity index (χ0n) is 15.5. The third kappa shape index (κ3) is 2.61. The summed E-state index contributed by atoms with van der Waals surface area (Å²) in [6.45, 7) is 6.63. The minimum atomic E-state index is -0.281. The van der Waals surface area contributed by atoms with Gasteiger partial charge in [0.05, 0.1) is 5.92 Å². The van der Waals surface area contributed by atoms with Crippen LogP contribution in [-0.2, 0) is 16.0 Å². The van der Waals surface area contributed by atoms with E-state index in [0.29, 0.717) is 6.54 Å². The molecule has 0 bridgehead atoms. The molecule has 2 aromatic carbocycles. The molecule has 0 saturated carbocycles. The van der Waals surface area contributed by atoms with E-state index < -0.39 is 0 Å². The van der Waals surface area contributed by atoms with Gasteiger partial charge in [-0.25, -0.2) is 0 Å². The van der Waals surface area contributed by atoms with Crippen molar-refractivity contribution in [1.29, 1.82) is 0 Å². The number of nitrogens with zero attached hydrogens (tertiary/aromatic N) is 2. The van der Waals surface area contributed by atoms with Crippen LogP contribution in [0, 0.1) is 19.8 Å². The molecule has 0 aliphatic carbocycles. The van der Waals surface area contributed by atoms with E-state index in [1.807, 2.05) is 55.1 Å². The Morgan fingerprint density at radius 1 is 1.00 bits per heavy atom. The molecule has 0 aromatic heterocycles. The van der Waals surface area contributed by atoms with E-state index in [1.165, 1.54) is 5.56 Å². The van der Waals surface area contributed by atoms with E-state index in [-0.39, 0.29) is 30.2 Å². The molecule has 0 spiro atoms. The Balaban J connectivity index is 1.59. The van der Waals surface area contributed by atoms with Gasteiger partial charge in [0.15, 0.2) is 0 Å². The van der Waals surface area contributed by atoms with Gasteiger partial charge in [0.2, 0.25) is 11.8 Å².